The van der Waals surface area contributed by atoms with Crippen LogP contribution in [0.5, 0.6) is 0 Å². The van der Waals surface area contributed by atoms with Crippen molar-refractivity contribution in [1.82, 2.24) is 9.97 Å². The SMILES string of the molecule is Fc1ccc(-c2nc(=S)c3c([nH]2)CCOC3)cc1F. The first-order chi connectivity index (χ1) is 9.15. The molecular formula is C13H10F2N2OS. The number of H-pyrrole nitrogens is 1. The minimum atomic E-state index is -0.903. The summed E-state index contributed by atoms with van der Waals surface area (Å²) in [5.41, 5.74) is 2.29. The second-order valence-corrected chi connectivity index (χ2v) is 4.67. The van der Waals surface area contributed by atoms with E-state index in [2.05, 4.69) is 9.97 Å². The highest BCUT2D eigenvalue weighted by Crippen LogP contribution is 2.22. The molecule has 3 nitrogen and oxygen atoms in total. The van der Waals surface area contributed by atoms with Gasteiger partial charge in [0, 0.05) is 23.2 Å². The highest BCUT2D eigenvalue weighted by atomic mass is 32.1. The zero-order valence-electron chi connectivity index (χ0n) is 9.87. The molecule has 6 heteroatoms. The number of ether oxygens (including phenoxy) is 1. The smallest absolute Gasteiger partial charge is 0.159 e. The van der Waals surface area contributed by atoms with Crippen molar-refractivity contribution >= 4 is 12.2 Å². The van der Waals surface area contributed by atoms with E-state index in [1.165, 1.54) is 6.07 Å². The van der Waals surface area contributed by atoms with E-state index in [1.807, 2.05) is 0 Å². The number of nitrogens with one attached hydrogen (secondary N) is 1. The van der Waals surface area contributed by atoms with Crippen LogP contribution in [0.3, 0.4) is 0 Å². The quantitative estimate of drug-likeness (QED) is 0.815. The van der Waals surface area contributed by atoms with E-state index >= 15 is 0 Å². The van der Waals surface area contributed by atoms with Gasteiger partial charge in [-0.25, -0.2) is 13.8 Å². The van der Waals surface area contributed by atoms with E-state index in [-0.39, 0.29) is 0 Å². The molecule has 0 spiro atoms. The fourth-order valence-electron chi connectivity index (χ4n) is 2.04. The molecule has 0 saturated carbocycles. The Kier molecular flexibility index (Phi) is 3.12. The Balaban J connectivity index is 2.12. The van der Waals surface area contributed by atoms with E-state index in [0.29, 0.717) is 35.7 Å². The van der Waals surface area contributed by atoms with Gasteiger partial charge in [0.25, 0.3) is 0 Å². The van der Waals surface area contributed by atoms with Crippen molar-refractivity contribution in [3.8, 4) is 11.4 Å². The summed E-state index contributed by atoms with van der Waals surface area (Å²) < 4.78 is 31.9. The number of rotatable bonds is 1. The monoisotopic (exact) mass is 280 g/mol. The molecule has 0 radical (unpaired) electrons. The Morgan fingerprint density at radius 2 is 2.11 bits per heavy atom. The summed E-state index contributed by atoms with van der Waals surface area (Å²) in [6.07, 6.45) is 0.707. The molecule has 0 fully saturated rings. The molecular weight excluding hydrogens is 270 g/mol. The lowest BCUT2D eigenvalue weighted by Gasteiger charge is -2.17. The Morgan fingerprint density at radius 1 is 1.26 bits per heavy atom. The summed E-state index contributed by atoms with van der Waals surface area (Å²) in [4.78, 5) is 7.34. The zero-order valence-corrected chi connectivity index (χ0v) is 10.7. The average Bonchev–Trinajstić information content (AvgIpc) is 2.42. The Morgan fingerprint density at radius 3 is 2.89 bits per heavy atom. The lowest BCUT2D eigenvalue weighted by Crippen LogP contribution is -2.14. The Labute approximate surface area is 113 Å². The molecule has 2 heterocycles. The topological polar surface area (TPSA) is 37.9 Å². The summed E-state index contributed by atoms with van der Waals surface area (Å²) in [6.45, 7) is 1.05. The summed E-state index contributed by atoms with van der Waals surface area (Å²) in [5.74, 6) is -1.34. The van der Waals surface area contributed by atoms with Crippen LogP contribution in [-0.4, -0.2) is 16.6 Å². The van der Waals surface area contributed by atoms with Crippen LogP contribution < -0.4 is 0 Å². The Hall–Kier alpha value is -1.66. The summed E-state index contributed by atoms with van der Waals surface area (Å²) in [7, 11) is 0. The minimum absolute atomic E-state index is 0.438. The van der Waals surface area contributed by atoms with E-state index in [1.54, 1.807) is 0 Å². The highest BCUT2D eigenvalue weighted by molar-refractivity contribution is 7.71. The highest BCUT2D eigenvalue weighted by Gasteiger charge is 2.15. The molecule has 2 aromatic rings. The molecule has 1 aliphatic heterocycles. The molecule has 0 unspecified atom stereocenters. The number of halogens is 2. The molecule has 0 aliphatic carbocycles. The van der Waals surface area contributed by atoms with E-state index in [9.17, 15) is 8.78 Å². The Bertz CT molecular complexity index is 700. The number of hydrogen-bond acceptors (Lipinski definition) is 3. The van der Waals surface area contributed by atoms with Crippen LogP contribution in [0.25, 0.3) is 11.4 Å². The lowest BCUT2D eigenvalue weighted by atomic mass is 10.1. The van der Waals surface area contributed by atoms with Crippen molar-refractivity contribution in [3.05, 3.63) is 45.7 Å². The van der Waals surface area contributed by atoms with Crippen LogP contribution in [-0.2, 0) is 17.8 Å². The molecule has 1 aliphatic rings. The number of fused-ring (bicyclic) bond motifs is 1. The summed E-state index contributed by atoms with van der Waals surface area (Å²) in [5, 5.41) is 0. The third kappa shape index (κ3) is 2.29. The van der Waals surface area contributed by atoms with Crippen LogP contribution in [0, 0.1) is 16.3 Å². The van der Waals surface area contributed by atoms with Crippen molar-refractivity contribution in [3.63, 3.8) is 0 Å². The molecule has 98 valence electrons. The molecule has 3 rings (SSSR count). The van der Waals surface area contributed by atoms with Gasteiger partial charge < -0.3 is 9.72 Å². The van der Waals surface area contributed by atoms with Crippen LogP contribution in [0.15, 0.2) is 18.2 Å². The first-order valence-corrected chi connectivity index (χ1v) is 6.21. The van der Waals surface area contributed by atoms with Crippen molar-refractivity contribution in [1.29, 1.82) is 0 Å². The largest absolute Gasteiger partial charge is 0.376 e. The van der Waals surface area contributed by atoms with Gasteiger partial charge in [-0.3, -0.25) is 0 Å². The van der Waals surface area contributed by atoms with Crippen LogP contribution in [0.1, 0.15) is 11.3 Å². The lowest BCUT2D eigenvalue weighted by molar-refractivity contribution is 0.108. The van der Waals surface area contributed by atoms with Gasteiger partial charge in [-0.2, -0.15) is 0 Å². The van der Waals surface area contributed by atoms with Gasteiger partial charge in [0.05, 0.1) is 13.2 Å². The van der Waals surface area contributed by atoms with Crippen molar-refractivity contribution in [2.75, 3.05) is 6.61 Å². The van der Waals surface area contributed by atoms with Gasteiger partial charge in [-0.1, -0.05) is 12.2 Å². The predicted octanol–water partition coefficient (Wildman–Crippen LogP) is 3.16. The van der Waals surface area contributed by atoms with Gasteiger partial charge in [-0.05, 0) is 18.2 Å². The molecule has 0 bridgehead atoms. The number of benzene rings is 1. The van der Waals surface area contributed by atoms with Crippen molar-refractivity contribution < 1.29 is 13.5 Å². The van der Waals surface area contributed by atoms with Crippen molar-refractivity contribution in [2.45, 2.75) is 13.0 Å². The van der Waals surface area contributed by atoms with E-state index in [4.69, 9.17) is 17.0 Å². The standard InChI is InChI=1S/C13H10F2N2OS/c14-9-2-1-7(5-10(9)15)12-16-11-3-4-18-6-8(11)13(19)17-12/h1-2,5H,3-4,6H2,(H,16,17,19). The van der Waals surface area contributed by atoms with Gasteiger partial charge in [-0.15, -0.1) is 0 Å². The first-order valence-electron chi connectivity index (χ1n) is 5.80. The fraction of sp³-hybridized carbons (Fsp3) is 0.231. The molecule has 0 amide bonds. The third-order valence-electron chi connectivity index (χ3n) is 3.04. The van der Waals surface area contributed by atoms with Gasteiger partial charge in [0.15, 0.2) is 11.6 Å². The molecule has 0 atom stereocenters. The van der Waals surface area contributed by atoms with Gasteiger partial charge in [0.2, 0.25) is 0 Å². The maximum absolute atomic E-state index is 13.2. The summed E-state index contributed by atoms with van der Waals surface area (Å²) in [6, 6.07) is 3.65. The van der Waals surface area contributed by atoms with Gasteiger partial charge >= 0.3 is 0 Å². The van der Waals surface area contributed by atoms with Crippen molar-refractivity contribution in [2.24, 2.45) is 0 Å². The second-order valence-electron chi connectivity index (χ2n) is 4.28. The second kappa shape index (κ2) is 4.79. The number of aromatic amines is 1. The average molecular weight is 280 g/mol. The number of nitrogens with zero attached hydrogens (tertiary/aromatic N) is 1. The normalized spacial score (nSPS) is 14.2. The molecule has 0 saturated heterocycles. The van der Waals surface area contributed by atoms with E-state index in [0.717, 1.165) is 23.4 Å². The van der Waals surface area contributed by atoms with Gasteiger partial charge in [0.1, 0.15) is 10.5 Å². The van der Waals surface area contributed by atoms with Crippen LogP contribution in [0.4, 0.5) is 8.78 Å². The fourth-order valence-corrected chi connectivity index (χ4v) is 2.31. The number of aromatic nitrogens is 2. The molecule has 1 N–H and O–H groups in total. The first kappa shape index (κ1) is 12.4. The molecule has 1 aromatic heterocycles. The molecule has 19 heavy (non-hydrogen) atoms. The van der Waals surface area contributed by atoms with Crippen LogP contribution in [0.2, 0.25) is 0 Å². The zero-order chi connectivity index (χ0) is 13.4. The maximum Gasteiger partial charge on any atom is 0.159 e. The van der Waals surface area contributed by atoms with E-state index < -0.39 is 11.6 Å². The third-order valence-corrected chi connectivity index (χ3v) is 3.38. The predicted molar refractivity (Wildman–Crippen MR) is 68.1 cm³/mol. The van der Waals surface area contributed by atoms with Crippen LogP contribution >= 0.6 is 12.2 Å². The molecule has 1 aromatic carbocycles. The maximum atomic E-state index is 13.2. The number of hydrogen-bond donors (Lipinski definition) is 1. The minimum Gasteiger partial charge on any atom is -0.376 e. The summed E-state index contributed by atoms with van der Waals surface area (Å²) >= 11 is 5.21.